The Bertz CT molecular complexity index is 1510. The summed E-state index contributed by atoms with van der Waals surface area (Å²) >= 11 is 12.2. The van der Waals surface area contributed by atoms with Gasteiger partial charge in [0.15, 0.2) is 5.69 Å². The third kappa shape index (κ3) is 7.50. The summed E-state index contributed by atoms with van der Waals surface area (Å²) in [4.78, 5) is 18.1. The van der Waals surface area contributed by atoms with E-state index in [1.165, 1.54) is 43.2 Å². The number of hydrogen-bond donors (Lipinski definition) is 1. The van der Waals surface area contributed by atoms with E-state index in [1.54, 1.807) is 0 Å². The Morgan fingerprint density at radius 2 is 1.53 bits per heavy atom. The minimum absolute atomic E-state index is 0.145. The van der Waals surface area contributed by atoms with Crippen LogP contribution in [0.1, 0.15) is 59.6 Å². The zero-order valence-corrected chi connectivity index (χ0v) is 26.0. The minimum Gasteiger partial charge on any atom is -0.349 e. The Labute approximate surface area is 264 Å². The zero-order valence-electron chi connectivity index (χ0n) is 24.5. The highest BCUT2D eigenvalue weighted by Crippen LogP contribution is 2.34. The number of amides is 1. The van der Waals surface area contributed by atoms with Gasteiger partial charge < -0.3 is 5.32 Å². The van der Waals surface area contributed by atoms with Crippen molar-refractivity contribution >= 4 is 29.1 Å². The lowest BCUT2D eigenvalue weighted by atomic mass is 9.84. The van der Waals surface area contributed by atoms with Crippen molar-refractivity contribution in [2.75, 3.05) is 39.3 Å². The summed E-state index contributed by atoms with van der Waals surface area (Å²) in [6, 6.07) is 26.7. The second-order valence-corrected chi connectivity index (χ2v) is 12.6. The number of halogens is 2. The largest absolute Gasteiger partial charge is 0.349 e. The van der Waals surface area contributed by atoms with Crippen molar-refractivity contribution in [3.63, 3.8) is 0 Å². The molecule has 0 atom stereocenters. The first-order valence-corrected chi connectivity index (χ1v) is 16.2. The molecule has 1 saturated carbocycles. The Morgan fingerprint density at radius 1 is 0.814 bits per heavy atom. The molecule has 1 amide bonds. The number of nitrogens with one attached hydrogen (secondary N) is 1. The highest BCUT2D eigenvalue weighted by molar-refractivity contribution is 6.42. The van der Waals surface area contributed by atoms with Crippen molar-refractivity contribution in [2.24, 2.45) is 0 Å². The second kappa shape index (κ2) is 14.1. The minimum atomic E-state index is -0.145. The van der Waals surface area contributed by atoms with Crippen molar-refractivity contribution in [1.29, 1.82) is 0 Å². The lowest BCUT2D eigenvalue weighted by Crippen LogP contribution is -2.48. The first-order valence-electron chi connectivity index (χ1n) is 15.5. The number of rotatable bonds is 9. The van der Waals surface area contributed by atoms with Crippen LogP contribution in [0.4, 0.5) is 0 Å². The molecule has 8 heteroatoms. The van der Waals surface area contributed by atoms with E-state index < -0.39 is 0 Å². The summed E-state index contributed by atoms with van der Waals surface area (Å²) in [6.45, 7) is 6.10. The van der Waals surface area contributed by atoms with E-state index in [-0.39, 0.29) is 5.91 Å². The van der Waals surface area contributed by atoms with Gasteiger partial charge in [0, 0.05) is 51.4 Å². The molecule has 1 aromatic heterocycles. The van der Waals surface area contributed by atoms with E-state index in [4.69, 9.17) is 28.3 Å². The van der Waals surface area contributed by atoms with Crippen molar-refractivity contribution < 1.29 is 4.79 Å². The maximum absolute atomic E-state index is 13.2. The Kier molecular flexibility index (Phi) is 9.79. The maximum Gasteiger partial charge on any atom is 0.271 e. The highest BCUT2D eigenvalue weighted by Gasteiger charge is 2.20. The second-order valence-electron chi connectivity index (χ2n) is 11.7. The highest BCUT2D eigenvalue weighted by atomic mass is 35.5. The number of nitrogens with zero attached hydrogens (tertiary/aromatic N) is 4. The average Bonchev–Trinajstić information content (AvgIpc) is 3.50. The fraction of sp³-hybridized carbons (Fsp3) is 0.371. The van der Waals surface area contributed by atoms with Crippen LogP contribution >= 0.6 is 23.2 Å². The van der Waals surface area contributed by atoms with Crippen LogP contribution in [0.3, 0.4) is 0 Å². The zero-order chi connectivity index (χ0) is 29.6. The molecule has 3 aromatic carbocycles. The molecule has 1 saturated heterocycles. The molecule has 0 bridgehead atoms. The summed E-state index contributed by atoms with van der Waals surface area (Å²) in [5.41, 5.74) is 5.94. The van der Waals surface area contributed by atoms with Gasteiger partial charge in [-0.1, -0.05) is 91.0 Å². The Balaban J connectivity index is 1.06. The molecule has 6 rings (SSSR count). The van der Waals surface area contributed by atoms with Crippen molar-refractivity contribution in [1.82, 2.24) is 24.9 Å². The van der Waals surface area contributed by atoms with E-state index in [0.29, 0.717) is 28.2 Å². The molecule has 0 spiro atoms. The molecule has 43 heavy (non-hydrogen) atoms. The van der Waals surface area contributed by atoms with Crippen LogP contribution in [0.5, 0.6) is 0 Å². The Morgan fingerprint density at radius 3 is 2.26 bits per heavy atom. The summed E-state index contributed by atoms with van der Waals surface area (Å²) in [6.07, 6.45) is 6.55. The van der Waals surface area contributed by atoms with Crippen molar-refractivity contribution in [3.05, 3.63) is 106 Å². The SMILES string of the molecule is O=C(NCCN1CCN(Cc2ccc(Cl)c(Cl)c2)CC1)c1cc(-c2ccc(C3CCCCC3)cc2)n(-c2ccccc2)n1. The average molecular weight is 617 g/mol. The van der Waals surface area contributed by atoms with E-state index in [2.05, 4.69) is 39.4 Å². The molecule has 2 fully saturated rings. The van der Waals surface area contributed by atoms with E-state index in [9.17, 15) is 4.79 Å². The smallest absolute Gasteiger partial charge is 0.271 e. The van der Waals surface area contributed by atoms with Crippen molar-refractivity contribution in [2.45, 2.75) is 44.6 Å². The summed E-state index contributed by atoms with van der Waals surface area (Å²) in [7, 11) is 0. The van der Waals surface area contributed by atoms with E-state index in [0.717, 1.165) is 56.2 Å². The number of hydrogen-bond acceptors (Lipinski definition) is 4. The molecular formula is C35H39Cl2N5O. The number of benzene rings is 3. The molecule has 0 radical (unpaired) electrons. The monoisotopic (exact) mass is 615 g/mol. The molecule has 1 N–H and O–H groups in total. The number of carbonyl (C=O) groups is 1. The fourth-order valence-electron chi connectivity index (χ4n) is 6.31. The lowest BCUT2D eigenvalue weighted by molar-refractivity contribution is 0.0929. The van der Waals surface area contributed by atoms with Gasteiger partial charge in [0.05, 0.1) is 21.4 Å². The standard InChI is InChI=1S/C35H39Cl2N5O/c36-31-16-11-26(23-32(31)37)25-41-21-19-40(20-22-41)18-17-38-35(43)33-24-34(42(39-33)30-9-5-2-6-10-30)29-14-12-28(13-15-29)27-7-3-1-4-8-27/h2,5-6,9-16,23-24,27H,1,3-4,7-8,17-22,25H2,(H,38,43). The quantitative estimate of drug-likeness (QED) is 0.212. The van der Waals surface area contributed by atoms with Gasteiger partial charge in [0.2, 0.25) is 0 Å². The first kappa shape index (κ1) is 29.9. The van der Waals surface area contributed by atoms with Crippen LogP contribution in [0.15, 0.2) is 78.9 Å². The molecule has 4 aromatic rings. The topological polar surface area (TPSA) is 53.4 Å². The van der Waals surface area contributed by atoms with Gasteiger partial charge in [-0.2, -0.15) is 5.10 Å². The van der Waals surface area contributed by atoms with Gasteiger partial charge >= 0.3 is 0 Å². The lowest BCUT2D eigenvalue weighted by Gasteiger charge is -2.34. The summed E-state index contributed by atoms with van der Waals surface area (Å²) in [5, 5.41) is 9.06. The van der Waals surface area contributed by atoms with Crippen LogP contribution in [0, 0.1) is 0 Å². The van der Waals surface area contributed by atoms with Crippen LogP contribution in [0.2, 0.25) is 10.0 Å². The van der Waals surface area contributed by atoms with Gasteiger partial charge in [-0.15, -0.1) is 0 Å². The van der Waals surface area contributed by atoms with Gasteiger partial charge in [-0.3, -0.25) is 14.6 Å². The van der Waals surface area contributed by atoms with Crippen LogP contribution in [0.25, 0.3) is 16.9 Å². The predicted molar refractivity (Wildman–Crippen MR) is 175 cm³/mol. The number of aromatic nitrogens is 2. The maximum atomic E-state index is 13.2. The molecule has 0 unspecified atom stereocenters. The molecule has 2 aliphatic rings. The van der Waals surface area contributed by atoms with Gasteiger partial charge in [-0.25, -0.2) is 4.68 Å². The van der Waals surface area contributed by atoms with Crippen molar-refractivity contribution in [3.8, 4) is 16.9 Å². The fourth-order valence-corrected chi connectivity index (χ4v) is 6.63. The number of carbonyl (C=O) groups excluding carboxylic acids is 1. The predicted octanol–water partition coefficient (Wildman–Crippen LogP) is 7.44. The van der Waals surface area contributed by atoms with Gasteiger partial charge in [0.25, 0.3) is 5.91 Å². The number of piperazine rings is 1. The van der Waals surface area contributed by atoms with E-state index in [1.807, 2.05) is 59.3 Å². The summed E-state index contributed by atoms with van der Waals surface area (Å²) in [5.74, 6) is 0.515. The molecule has 1 aliphatic carbocycles. The molecule has 224 valence electrons. The normalized spacial score (nSPS) is 16.8. The molecule has 2 heterocycles. The van der Waals surface area contributed by atoms with Crippen LogP contribution in [-0.2, 0) is 6.54 Å². The van der Waals surface area contributed by atoms with Crippen LogP contribution < -0.4 is 5.32 Å². The third-order valence-corrected chi connectivity index (χ3v) is 9.53. The molecule has 1 aliphatic heterocycles. The Hall–Kier alpha value is -3.16. The first-order chi connectivity index (χ1) is 21.0. The third-order valence-electron chi connectivity index (χ3n) is 8.79. The molecular weight excluding hydrogens is 577 g/mol. The van der Waals surface area contributed by atoms with Crippen LogP contribution in [-0.4, -0.2) is 64.8 Å². The summed E-state index contributed by atoms with van der Waals surface area (Å²) < 4.78 is 1.89. The van der Waals surface area contributed by atoms with E-state index >= 15 is 0 Å². The molecule has 6 nitrogen and oxygen atoms in total. The van der Waals surface area contributed by atoms with Gasteiger partial charge in [0.1, 0.15) is 0 Å². The van der Waals surface area contributed by atoms with Gasteiger partial charge in [-0.05, 0) is 60.2 Å². The number of para-hydroxylation sites is 1.